The maximum absolute atomic E-state index is 10.3. The molecule has 12 heavy (non-hydrogen) atoms. The van der Waals surface area contributed by atoms with Gasteiger partial charge in [-0.1, -0.05) is 33.1 Å². The lowest BCUT2D eigenvalue weighted by atomic mass is 9.85. The number of aldehydes is 1. The van der Waals surface area contributed by atoms with Crippen LogP contribution in [0, 0.1) is 5.92 Å². The molecule has 0 amide bonds. The van der Waals surface area contributed by atoms with E-state index in [4.69, 9.17) is 5.73 Å². The topological polar surface area (TPSA) is 43.1 Å². The average Bonchev–Trinajstić information content (AvgIpc) is 2.21. The van der Waals surface area contributed by atoms with Gasteiger partial charge >= 0.3 is 0 Å². The lowest BCUT2D eigenvalue weighted by Gasteiger charge is -2.23. The van der Waals surface area contributed by atoms with E-state index >= 15 is 0 Å². The summed E-state index contributed by atoms with van der Waals surface area (Å²) in [6.07, 6.45) is 7.02. The van der Waals surface area contributed by atoms with E-state index in [1.54, 1.807) is 0 Å². The van der Waals surface area contributed by atoms with Crippen molar-refractivity contribution in [2.75, 3.05) is 0 Å². The fraction of sp³-hybridized carbons (Fsp3) is 0.900. The van der Waals surface area contributed by atoms with Gasteiger partial charge in [0.15, 0.2) is 0 Å². The molecule has 0 saturated heterocycles. The second-order valence-electron chi connectivity index (χ2n) is 3.11. The van der Waals surface area contributed by atoms with Crippen LogP contribution >= 0.6 is 0 Å². The molecule has 2 N–H and O–H groups in total. The molecule has 0 heterocycles. The Kier molecular flexibility index (Phi) is 7.06. The van der Waals surface area contributed by atoms with Gasteiger partial charge in [-0.05, 0) is 18.8 Å². The number of carbonyl (C=O) groups excluding carboxylic acids is 1. The third kappa shape index (κ3) is 3.86. The van der Waals surface area contributed by atoms with Crippen molar-refractivity contribution >= 4 is 6.29 Å². The largest absolute Gasteiger partial charge is 0.322 e. The Hall–Kier alpha value is -0.370. The van der Waals surface area contributed by atoms with Crippen molar-refractivity contribution in [2.24, 2.45) is 11.7 Å². The van der Waals surface area contributed by atoms with Crippen LogP contribution in [0.25, 0.3) is 0 Å². The maximum Gasteiger partial charge on any atom is 0.136 e. The van der Waals surface area contributed by atoms with E-state index in [9.17, 15) is 4.79 Å². The molecule has 2 nitrogen and oxygen atoms in total. The molecule has 0 aromatic heterocycles. The summed E-state index contributed by atoms with van der Waals surface area (Å²) in [5, 5.41) is 0. The van der Waals surface area contributed by atoms with E-state index in [0.717, 1.165) is 19.1 Å². The molecule has 0 bridgehead atoms. The minimum Gasteiger partial charge on any atom is -0.322 e. The highest BCUT2D eigenvalue weighted by Crippen LogP contribution is 2.24. The molecule has 0 unspecified atom stereocenters. The predicted molar refractivity (Wildman–Crippen MR) is 54.1 cm³/mol. The predicted octanol–water partition coefficient (Wildman–Crippen LogP) is 2.37. The summed E-state index contributed by atoms with van der Waals surface area (Å²) in [4.78, 5) is 10.3. The van der Waals surface area contributed by atoms with Gasteiger partial charge in [0.2, 0.25) is 0 Å². The van der Waals surface area contributed by atoms with Gasteiger partial charge in [0.25, 0.3) is 0 Å². The Morgan fingerprint density at radius 2 is 1.83 bits per heavy atom. The molecule has 1 rings (SSSR count). The number of rotatable bonds is 2. The van der Waals surface area contributed by atoms with Crippen LogP contribution in [-0.4, -0.2) is 12.3 Å². The van der Waals surface area contributed by atoms with Gasteiger partial charge in [-0.15, -0.1) is 0 Å². The molecular weight excluding hydrogens is 150 g/mol. The molecule has 0 spiro atoms. The lowest BCUT2D eigenvalue weighted by Crippen LogP contribution is -2.32. The van der Waals surface area contributed by atoms with Gasteiger partial charge in [-0.2, -0.15) is 0 Å². The first kappa shape index (κ1) is 11.6. The molecule has 2 heteroatoms. The highest BCUT2D eigenvalue weighted by molar-refractivity contribution is 5.57. The van der Waals surface area contributed by atoms with Crippen molar-refractivity contribution in [1.29, 1.82) is 0 Å². The summed E-state index contributed by atoms with van der Waals surface area (Å²) in [7, 11) is 0. The van der Waals surface area contributed by atoms with E-state index in [0.29, 0.717) is 5.92 Å². The van der Waals surface area contributed by atoms with E-state index in [-0.39, 0.29) is 7.47 Å². The molecule has 1 aliphatic carbocycles. The summed E-state index contributed by atoms with van der Waals surface area (Å²) in [5.74, 6) is 0.478. The van der Waals surface area contributed by atoms with Crippen molar-refractivity contribution < 1.29 is 6.22 Å². The molecule has 1 saturated carbocycles. The number of hydrogen-bond donors (Lipinski definition) is 1. The second kappa shape index (κ2) is 7.29. The van der Waals surface area contributed by atoms with Crippen LogP contribution < -0.4 is 5.73 Å². The molecule has 0 radical (unpaired) electrons. The van der Waals surface area contributed by atoms with Gasteiger partial charge in [0, 0.05) is 1.43 Å². The minimum atomic E-state index is -0.194. The Bertz CT molecular complexity index is 113. The summed E-state index contributed by atoms with van der Waals surface area (Å²) < 4.78 is 0. The van der Waals surface area contributed by atoms with E-state index in [1.807, 2.05) is 13.8 Å². The Morgan fingerprint density at radius 3 is 2.25 bits per heavy atom. The minimum absolute atomic E-state index is 0. The normalized spacial score (nSPS) is 20.6. The van der Waals surface area contributed by atoms with Crippen LogP contribution in [0.3, 0.4) is 0 Å². The molecule has 0 aromatic rings. The number of hydrogen-bond acceptors (Lipinski definition) is 2. The van der Waals surface area contributed by atoms with Gasteiger partial charge < -0.3 is 10.5 Å². The zero-order chi connectivity index (χ0) is 9.40. The summed E-state index contributed by atoms with van der Waals surface area (Å²) >= 11 is 0. The van der Waals surface area contributed by atoms with Crippen LogP contribution in [-0.2, 0) is 4.79 Å². The van der Waals surface area contributed by atoms with Crippen molar-refractivity contribution in [3.63, 3.8) is 0 Å². The molecule has 74 valence electrons. The van der Waals surface area contributed by atoms with Crippen molar-refractivity contribution in [1.82, 2.24) is 0 Å². The van der Waals surface area contributed by atoms with Crippen molar-refractivity contribution in [3.8, 4) is 0 Å². The molecule has 1 fully saturated rings. The number of nitrogens with two attached hydrogens (primary N) is 1. The quantitative estimate of drug-likeness (QED) is 0.651. The van der Waals surface area contributed by atoms with E-state index in [1.165, 1.54) is 19.3 Å². The first-order chi connectivity index (χ1) is 5.84. The third-order valence-corrected chi connectivity index (χ3v) is 2.35. The Balaban J connectivity index is 0. The first-order valence-electron chi connectivity index (χ1n) is 5.05. The zero-order valence-electron chi connectivity index (χ0n) is 8.25. The van der Waals surface area contributed by atoms with Crippen LogP contribution in [0.1, 0.15) is 47.4 Å². The molecule has 1 aliphatic rings. The Morgan fingerprint density at radius 1 is 1.33 bits per heavy atom. The van der Waals surface area contributed by atoms with Gasteiger partial charge in [0.05, 0.1) is 6.04 Å². The molecular formula is C10H23NO. The standard InChI is InChI=1S/C8H15NO.C2H6.H2/c9-8(6-10)7-4-2-1-3-5-7;1-2;/h6-8H,1-5,9H2;1-2H3;1H/t8-;;/m1../s1. The summed E-state index contributed by atoms with van der Waals surface area (Å²) in [5.41, 5.74) is 5.58. The lowest BCUT2D eigenvalue weighted by molar-refractivity contribution is -0.110. The van der Waals surface area contributed by atoms with Gasteiger partial charge in [0.1, 0.15) is 6.29 Å². The van der Waals surface area contributed by atoms with Crippen molar-refractivity contribution in [2.45, 2.75) is 52.0 Å². The molecule has 0 aliphatic heterocycles. The smallest absolute Gasteiger partial charge is 0.136 e. The fourth-order valence-electron chi connectivity index (χ4n) is 1.63. The SMILES string of the molecule is CC.N[C@H](C=O)C1CCCCC1.[HH]. The highest BCUT2D eigenvalue weighted by atomic mass is 16.1. The molecule has 1 atom stereocenters. The van der Waals surface area contributed by atoms with Crippen LogP contribution in [0.15, 0.2) is 0 Å². The van der Waals surface area contributed by atoms with Crippen molar-refractivity contribution in [3.05, 3.63) is 0 Å². The van der Waals surface area contributed by atoms with E-state index < -0.39 is 0 Å². The highest BCUT2D eigenvalue weighted by Gasteiger charge is 2.19. The van der Waals surface area contributed by atoms with E-state index in [2.05, 4.69) is 0 Å². The second-order valence-corrected chi connectivity index (χ2v) is 3.11. The van der Waals surface area contributed by atoms with Crippen LogP contribution in [0.4, 0.5) is 0 Å². The van der Waals surface area contributed by atoms with Crippen LogP contribution in [0.5, 0.6) is 0 Å². The van der Waals surface area contributed by atoms with Gasteiger partial charge in [-0.25, -0.2) is 0 Å². The van der Waals surface area contributed by atoms with Crippen LogP contribution in [0.2, 0.25) is 0 Å². The Labute approximate surface area is 77.0 Å². The number of carbonyl (C=O) groups is 1. The zero-order valence-corrected chi connectivity index (χ0v) is 8.25. The fourth-order valence-corrected chi connectivity index (χ4v) is 1.63. The van der Waals surface area contributed by atoms with Gasteiger partial charge in [-0.3, -0.25) is 0 Å². The first-order valence-corrected chi connectivity index (χ1v) is 5.05. The average molecular weight is 173 g/mol. The monoisotopic (exact) mass is 173 g/mol. The summed E-state index contributed by atoms with van der Waals surface area (Å²) in [6.45, 7) is 4.00. The maximum atomic E-state index is 10.3. The summed E-state index contributed by atoms with van der Waals surface area (Å²) in [6, 6.07) is -0.194. The molecule has 0 aromatic carbocycles. The third-order valence-electron chi connectivity index (χ3n) is 2.35.